The first-order valence-corrected chi connectivity index (χ1v) is 8.97. The third-order valence-corrected chi connectivity index (χ3v) is 4.72. The zero-order chi connectivity index (χ0) is 19.1. The first-order chi connectivity index (χ1) is 12.5. The van der Waals surface area contributed by atoms with Crippen LogP contribution in [-0.4, -0.2) is 34.2 Å². The first kappa shape index (κ1) is 19.6. The van der Waals surface area contributed by atoms with E-state index in [1.165, 1.54) is 22.7 Å². The Bertz CT molecular complexity index is 849. The Labute approximate surface area is 161 Å². The molecule has 0 aromatic heterocycles. The lowest BCUT2D eigenvalue weighted by Gasteiger charge is -2.10. The fraction of sp³-hybridized carbons (Fsp3) is 0.158. The second-order valence-corrected chi connectivity index (χ2v) is 6.81. The molecule has 1 aliphatic heterocycles. The molecule has 2 rings (SSSR count). The van der Waals surface area contributed by atoms with Crippen molar-refractivity contribution in [1.82, 2.24) is 4.90 Å². The van der Waals surface area contributed by atoms with Gasteiger partial charge >= 0.3 is 5.97 Å². The molecular formula is C19H16N2O3S2. The van der Waals surface area contributed by atoms with Gasteiger partial charge in [0.05, 0.1) is 11.5 Å². The molecule has 1 fully saturated rings. The summed E-state index contributed by atoms with van der Waals surface area (Å²) >= 11 is 6.45. The van der Waals surface area contributed by atoms with Gasteiger partial charge in [0.25, 0.3) is 5.91 Å². The number of amides is 1. The smallest absolute Gasteiger partial charge is 0.348 e. The van der Waals surface area contributed by atoms with Crippen LogP contribution in [0.2, 0.25) is 0 Å². The minimum Gasteiger partial charge on any atom is -0.462 e. The van der Waals surface area contributed by atoms with Gasteiger partial charge in [-0.2, -0.15) is 5.26 Å². The van der Waals surface area contributed by atoms with Gasteiger partial charge in [0, 0.05) is 6.54 Å². The number of esters is 1. The monoisotopic (exact) mass is 384 g/mol. The van der Waals surface area contributed by atoms with Crippen LogP contribution in [0.15, 0.2) is 47.4 Å². The minimum absolute atomic E-state index is 0.0649. The van der Waals surface area contributed by atoms with E-state index in [4.69, 9.17) is 22.2 Å². The Morgan fingerprint density at radius 2 is 2.04 bits per heavy atom. The summed E-state index contributed by atoms with van der Waals surface area (Å²) in [7, 11) is 0. The van der Waals surface area contributed by atoms with Gasteiger partial charge in [-0.05, 0) is 30.2 Å². The van der Waals surface area contributed by atoms with Crippen molar-refractivity contribution in [3.8, 4) is 6.07 Å². The maximum absolute atomic E-state index is 12.3. The molecule has 1 aromatic carbocycles. The quantitative estimate of drug-likeness (QED) is 0.246. The molecule has 1 aromatic rings. The fourth-order valence-electron chi connectivity index (χ4n) is 2.14. The summed E-state index contributed by atoms with van der Waals surface area (Å²) in [4.78, 5) is 26.0. The van der Waals surface area contributed by atoms with Crippen LogP contribution in [0, 0.1) is 11.3 Å². The van der Waals surface area contributed by atoms with E-state index in [0.29, 0.717) is 21.3 Å². The lowest BCUT2D eigenvalue weighted by molar-refractivity contribution is -0.137. The summed E-state index contributed by atoms with van der Waals surface area (Å²) in [6.07, 6.45) is 4.85. The molecule has 0 saturated carbocycles. The van der Waals surface area contributed by atoms with E-state index in [1.54, 1.807) is 43.3 Å². The summed E-state index contributed by atoms with van der Waals surface area (Å²) in [5, 5.41) is 9.06. The largest absolute Gasteiger partial charge is 0.462 e. The Morgan fingerprint density at radius 1 is 1.38 bits per heavy atom. The van der Waals surface area contributed by atoms with Crippen LogP contribution in [0.25, 0.3) is 12.2 Å². The Hall–Kier alpha value is -2.69. The molecule has 0 aliphatic carbocycles. The molecule has 1 saturated heterocycles. The number of ether oxygens (including phenoxy) is 1. The molecule has 0 spiro atoms. The SMILES string of the molecule is C=CCN1C(=O)/C(=C\c2ccc(/C=C(/C#N)C(=O)OCC)cc2)SC1=S. The molecule has 0 bridgehead atoms. The van der Waals surface area contributed by atoms with E-state index in [0.717, 1.165) is 5.56 Å². The first-order valence-electron chi connectivity index (χ1n) is 7.75. The molecule has 1 aliphatic rings. The number of hydrogen-bond acceptors (Lipinski definition) is 6. The number of thiocarbonyl (C=S) groups is 1. The number of nitrogens with zero attached hydrogens (tertiary/aromatic N) is 2. The van der Waals surface area contributed by atoms with Crippen molar-refractivity contribution in [3.05, 3.63) is 58.5 Å². The number of thioether (sulfide) groups is 1. The summed E-state index contributed by atoms with van der Waals surface area (Å²) in [6.45, 7) is 5.90. The third kappa shape index (κ3) is 4.69. The number of nitriles is 1. The topological polar surface area (TPSA) is 70.4 Å². The summed E-state index contributed by atoms with van der Waals surface area (Å²) in [6, 6.07) is 8.94. The highest BCUT2D eigenvalue weighted by atomic mass is 32.2. The Kier molecular flexibility index (Phi) is 6.89. The Balaban J connectivity index is 2.19. The van der Waals surface area contributed by atoms with Crippen molar-refractivity contribution in [1.29, 1.82) is 5.26 Å². The van der Waals surface area contributed by atoms with Crippen LogP contribution in [-0.2, 0) is 14.3 Å². The van der Waals surface area contributed by atoms with E-state index in [2.05, 4.69) is 6.58 Å². The highest BCUT2D eigenvalue weighted by Gasteiger charge is 2.30. The summed E-state index contributed by atoms with van der Waals surface area (Å²) < 4.78 is 5.34. The van der Waals surface area contributed by atoms with Gasteiger partial charge in [-0.25, -0.2) is 4.79 Å². The van der Waals surface area contributed by atoms with Crippen molar-refractivity contribution < 1.29 is 14.3 Å². The van der Waals surface area contributed by atoms with Crippen LogP contribution >= 0.6 is 24.0 Å². The summed E-state index contributed by atoms with van der Waals surface area (Å²) in [5.74, 6) is -0.789. The lowest BCUT2D eigenvalue weighted by Crippen LogP contribution is -2.27. The second-order valence-electron chi connectivity index (χ2n) is 5.14. The molecule has 1 heterocycles. The van der Waals surface area contributed by atoms with Crippen molar-refractivity contribution >= 4 is 52.3 Å². The number of carbonyl (C=O) groups excluding carboxylic acids is 2. The number of carbonyl (C=O) groups is 2. The van der Waals surface area contributed by atoms with Crippen LogP contribution in [0.5, 0.6) is 0 Å². The molecule has 0 N–H and O–H groups in total. The molecule has 26 heavy (non-hydrogen) atoms. The Morgan fingerprint density at radius 3 is 2.62 bits per heavy atom. The van der Waals surface area contributed by atoms with E-state index in [1.807, 2.05) is 6.07 Å². The van der Waals surface area contributed by atoms with Gasteiger partial charge in [-0.1, -0.05) is 54.3 Å². The van der Waals surface area contributed by atoms with Crippen LogP contribution < -0.4 is 0 Å². The number of benzene rings is 1. The zero-order valence-corrected chi connectivity index (χ0v) is 15.7. The highest BCUT2D eigenvalue weighted by molar-refractivity contribution is 8.26. The predicted molar refractivity (Wildman–Crippen MR) is 107 cm³/mol. The standard InChI is InChI=1S/C19H16N2O3S2/c1-3-9-21-17(22)16(26-19(21)25)11-14-7-5-13(6-8-14)10-15(12-20)18(23)24-4-2/h3,5-8,10-11H,1,4,9H2,2H3/b15-10-,16-11+. The minimum atomic E-state index is -0.648. The maximum atomic E-state index is 12.3. The van der Waals surface area contributed by atoms with Gasteiger partial charge in [0.2, 0.25) is 0 Å². The molecule has 0 unspecified atom stereocenters. The van der Waals surface area contributed by atoms with Gasteiger partial charge < -0.3 is 4.74 Å². The summed E-state index contributed by atoms with van der Waals surface area (Å²) in [5.41, 5.74) is 1.44. The van der Waals surface area contributed by atoms with Gasteiger partial charge in [0.1, 0.15) is 16.0 Å². The van der Waals surface area contributed by atoms with Crippen molar-refractivity contribution in [3.63, 3.8) is 0 Å². The maximum Gasteiger partial charge on any atom is 0.348 e. The van der Waals surface area contributed by atoms with Crippen LogP contribution in [0.1, 0.15) is 18.1 Å². The predicted octanol–water partition coefficient (Wildman–Crippen LogP) is 3.54. The third-order valence-electron chi connectivity index (χ3n) is 3.35. The fourth-order valence-corrected chi connectivity index (χ4v) is 3.41. The van der Waals surface area contributed by atoms with Crippen molar-refractivity contribution in [2.45, 2.75) is 6.92 Å². The van der Waals surface area contributed by atoms with Crippen LogP contribution in [0.4, 0.5) is 0 Å². The average Bonchev–Trinajstić information content (AvgIpc) is 2.89. The molecule has 7 heteroatoms. The zero-order valence-electron chi connectivity index (χ0n) is 14.1. The van der Waals surface area contributed by atoms with E-state index < -0.39 is 5.97 Å². The molecule has 132 valence electrons. The lowest BCUT2D eigenvalue weighted by atomic mass is 10.1. The molecule has 1 amide bonds. The molecule has 0 radical (unpaired) electrons. The molecular weight excluding hydrogens is 368 g/mol. The van der Waals surface area contributed by atoms with E-state index in [-0.39, 0.29) is 18.1 Å². The number of hydrogen-bond donors (Lipinski definition) is 0. The van der Waals surface area contributed by atoms with Crippen molar-refractivity contribution in [2.24, 2.45) is 0 Å². The molecule has 0 atom stereocenters. The van der Waals surface area contributed by atoms with Gasteiger partial charge in [-0.15, -0.1) is 6.58 Å². The highest BCUT2D eigenvalue weighted by Crippen LogP contribution is 2.32. The van der Waals surface area contributed by atoms with E-state index in [9.17, 15) is 9.59 Å². The van der Waals surface area contributed by atoms with Gasteiger partial charge in [-0.3, -0.25) is 9.69 Å². The average molecular weight is 384 g/mol. The van der Waals surface area contributed by atoms with Gasteiger partial charge in [0.15, 0.2) is 0 Å². The number of rotatable bonds is 6. The molecule has 5 nitrogen and oxygen atoms in total. The normalized spacial score (nSPS) is 15.9. The van der Waals surface area contributed by atoms with Crippen molar-refractivity contribution in [2.75, 3.05) is 13.2 Å². The van der Waals surface area contributed by atoms with E-state index >= 15 is 0 Å². The second kappa shape index (κ2) is 9.13. The van der Waals surface area contributed by atoms with Crippen LogP contribution in [0.3, 0.4) is 0 Å².